The van der Waals surface area contributed by atoms with Crippen LogP contribution in [0.4, 0.5) is 0 Å². The first kappa shape index (κ1) is 10.9. The van der Waals surface area contributed by atoms with Crippen molar-refractivity contribution in [2.75, 3.05) is 18.0 Å². The Morgan fingerprint density at radius 1 is 1.64 bits per heavy atom. The van der Waals surface area contributed by atoms with E-state index in [2.05, 4.69) is 46.3 Å². The molecule has 0 unspecified atom stereocenters. The summed E-state index contributed by atoms with van der Waals surface area (Å²) in [7, 11) is 1.76. The van der Waals surface area contributed by atoms with Crippen LogP contribution in [0.3, 0.4) is 0 Å². The number of alkyl halides is 1. The Morgan fingerprint density at radius 2 is 2.18 bits per heavy atom. The summed E-state index contributed by atoms with van der Waals surface area (Å²) < 4.78 is 1.01. The van der Waals surface area contributed by atoms with E-state index in [0.29, 0.717) is 6.54 Å². The van der Waals surface area contributed by atoms with E-state index in [-0.39, 0.29) is 5.41 Å². The summed E-state index contributed by atoms with van der Waals surface area (Å²) in [4.78, 5) is 7.46. The fourth-order valence-corrected chi connectivity index (χ4v) is 1.18. The van der Waals surface area contributed by atoms with Crippen LogP contribution < -0.4 is 0 Å². The third-order valence-corrected chi connectivity index (χ3v) is 3.52. The number of aliphatic imine (C=N–C) groups is 1. The van der Waals surface area contributed by atoms with E-state index in [1.54, 1.807) is 7.05 Å². The minimum absolute atomic E-state index is 0.0832. The topological polar surface area (TPSA) is 16.7 Å². The van der Waals surface area contributed by atoms with Gasteiger partial charge in [0.2, 0.25) is 0 Å². The highest BCUT2D eigenvalue weighted by Gasteiger charge is 2.24. The number of hydrogen-bond donors (Lipinski definition) is 0. The predicted octanol–water partition coefficient (Wildman–Crippen LogP) is 2.44. The average Bonchev–Trinajstić information content (AvgIpc) is 2.00. The molecule has 0 aliphatic heterocycles. The number of nitrogens with zero attached hydrogens (tertiary/aromatic N) is 2. The normalized spacial score (nSPS) is 12.8. The van der Waals surface area contributed by atoms with E-state index < -0.39 is 0 Å². The summed E-state index contributed by atoms with van der Waals surface area (Å²) in [5.74, 6) is 0. The lowest BCUT2D eigenvalue weighted by molar-refractivity contribution is 0.608. The van der Waals surface area contributed by atoms with Gasteiger partial charge in [-0.3, -0.25) is 4.99 Å². The third kappa shape index (κ3) is 3.19. The number of hydrogen-bond acceptors (Lipinski definition) is 1. The highest BCUT2D eigenvalue weighted by Crippen LogP contribution is 2.20. The molecule has 62 valence electrons. The van der Waals surface area contributed by atoms with E-state index in [1.807, 2.05) is 0 Å². The van der Waals surface area contributed by atoms with E-state index >= 15 is 0 Å². The first-order valence-corrected chi connectivity index (χ1v) is 4.96. The molecule has 0 radical (unpaired) electrons. The van der Waals surface area contributed by atoms with Crippen LogP contribution in [0, 0.1) is 12.0 Å². The van der Waals surface area contributed by atoms with E-state index in [0.717, 1.165) is 10.1 Å². The van der Waals surface area contributed by atoms with Crippen LogP contribution in [0.5, 0.6) is 0 Å². The monoisotopic (exact) mass is 264 g/mol. The minimum Gasteiger partial charge on any atom is -0.310 e. The Balaban J connectivity index is 4.41. The molecule has 0 spiro atoms. The lowest BCUT2D eigenvalue weighted by Gasteiger charge is -2.20. The van der Waals surface area contributed by atoms with Crippen molar-refractivity contribution in [2.45, 2.75) is 13.8 Å². The molecular formula is C8H13IN2. The molecule has 0 atom stereocenters. The van der Waals surface area contributed by atoms with E-state index in [1.165, 1.54) is 0 Å². The van der Waals surface area contributed by atoms with Crippen molar-refractivity contribution in [3.63, 3.8) is 0 Å². The first-order chi connectivity index (χ1) is 5.08. The summed E-state index contributed by atoms with van der Waals surface area (Å²) in [5.41, 5.74) is 1.08. The Kier molecular flexibility index (Phi) is 4.66. The second-order valence-corrected chi connectivity index (χ2v) is 3.77. The molecule has 0 aromatic carbocycles. The van der Waals surface area contributed by atoms with Gasteiger partial charge in [-0.25, -0.2) is 6.57 Å². The van der Waals surface area contributed by atoms with Crippen molar-refractivity contribution in [1.29, 1.82) is 0 Å². The maximum Gasteiger partial charge on any atom is 0.252 e. The second kappa shape index (κ2) is 4.70. The molecule has 3 heteroatoms. The maximum atomic E-state index is 6.73. The van der Waals surface area contributed by atoms with Crippen LogP contribution in [0.15, 0.2) is 4.99 Å². The summed E-state index contributed by atoms with van der Waals surface area (Å²) in [6.45, 7) is 11.4. The molecule has 0 fully saturated rings. The summed E-state index contributed by atoms with van der Waals surface area (Å²) >= 11 is 2.32. The predicted molar refractivity (Wildman–Crippen MR) is 57.5 cm³/mol. The van der Waals surface area contributed by atoms with Crippen LogP contribution in [-0.4, -0.2) is 23.7 Å². The Labute approximate surface area is 82.1 Å². The molecule has 11 heavy (non-hydrogen) atoms. The zero-order valence-electron chi connectivity index (χ0n) is 7.19. The highest BCUT2D eigenvalue weighted by molar-refractivity contribution is 14.1. The van der Waals surface area contributed by atoms with Crippen LogP contribution in [0.25, 0.3) is 4.85 Å². The number of halogens is 1. The van der Waals surface area contributed by atoms with Gasteiger partial charge in [-0.05, 0) is 0 Å². The van der Waals surface area contributed by atoms with Gasteiger partial charge in [0.15, 0.2) is 0 Å². The molecule has 0 aromatic rings. The van der Waals surface area contributed by atoms with Gasteiger partial charge < -0.3 is 4.85 Å². The fourth-order valence-electron chi connectivity index (χ4n) is 0.739. The smallest absolute Gasteiger partial charge is 0.252 e. The Hall–Kier alpha value is -0.110. The van der Waals surface area contributed by atoms with Gasteiger partial charge in [0.05, 0.1) is 5.71 Å². The largest absolute Gasteiger partial charge is 0.310 e. The Bertz CT molecular complexity index is 189. The van der Waals surface area contributed by atoms with Gasteiger partial charge >= 0.3 is 0 Å². The van der Waals surface area contributed by atoms with Crippen LogP contribution in [0.1, 0.15) is 13.8 Å². The molecule has 0 saturated heterocycles. The maximum absolute atomic E-state index is 6.73. The molecule has 0 N–H and O–H groups in total. The van der Waals surface area contributed by atoms with Crippen molar-refractivity contribution in [3.05, 3.63) is 11.4 Å². The Morgan fingerprint density at radius 3 is 2.45 bits per heavy atom. The van der Waals surface area contributed by atoms with Crippen molar-refractivity contribution in [1.82, 2.24) is 0 Å². The van der Waals surface area contributed by atoms with Gasteiger partial charge in [-0.15, -0.1) is 0 Å². The lowest BCUT2D eigenvalue weighted by atomic mass is 9.90. The summed E-state index contributed by atoms with van der Waals surface area (Å²) in [6.07, 6.45) is 0. The molecule has 0 rings (SSSR count). The third-order valence-electron chi connectivity index (χ3n) is 1.61. The van der Waals surface area contributed by atoms with Crippen molar-refractivity contribution in [3.8, 4) is 0 Å². The average molecular weight is 264 g/mol. The molecule has 0 bridgehead atoms. The highest BCUT2D eigenvalue weighted by atomic mass is 127. The van der Waals surface area contributed by atoms with Crippen LogP contribution >= 0.6 is 22.6 Å². The second-order valence-electron chi connectivity index (χ2n) is 3.00. The SMILES string of the molecule is [C-]#[N+]CC(=NC)C(C)(C)CI. The minimum atomic E-state index is 0.0832. The van der Waals surface area contributed by atoms with Crippen molar-refractivity contribution >= 4 is 28.3 Å². The molecule has 0 aliphatic carbocycles. The zero-order chi connectivity index (χ0) is 8.91. The van der Waals surface area contributed by atoms with Gasteiger partial charge in [0, 0.05) is 16.9 Å². The van der Waals surface area contributed by atoms with Crippen molar-refractivity contribution < 1.29 is 0 Å². The van der Waals surface area contributed by atoms with Crippen molar-refractivity contribution in [2.24, 2.45) is 10.4 Å². The first-order valence-electron chi connectivity index (χ1n) is 3.44. The molecule has 0 aliphatic rings. The standard InChI is InChI=1S/C8H13IN2/c1-8(2,6-9)7(11-4)5-10-3/h5-6H2,1-2,4H3. The molecule has 0 heterocycles. The lowest BCUT2D eigenvalue weighted by Crippen LogP contribution is -2.27. The molecular weight excluding hydrogens is 251 g/mol. The summed E-state index contributed by atoms with van der Waals surface area (Å²) in [5, 5.41) is 0. The van der Waals surface area contributed by atoms with Gasteiger partial charge in [-0.1, -0.05) is 36.4 Å². The molecule has 2 nitrogen and oxygen atoms in total. The van der Waals surface area contributed by atoms with Crippen LogP contribution in [0.2, 0.25) is 0 Å². The molecule has 0 aromatic heterocycles. The van der Waals surface area contributed by atoms with Gasteiger partial charge in [0.1, 0.15) is 0 Å². The fraction of sp³-hybridized carbons (Fsp3) is 0.750. The zero-order valence-corrected chi connectivity index (χ0v) is 9.34. The summed E-state index contributed by atoms with van der Waals surface area (Å²) in [6, 6.07) is 0. The number of rotatable bonds is 3. The van der Waals surface area contributed by atoms with E-state index in [9.17, 15) is 0 Å². The van der Waals surface area contributed by atoms with E-state index in [4.69, 9.17) is 6.57 Å². The van der Waals surface area contributed by atoms with Crippen LogP contribution in [-0.2, 0) is 0 Å². The molecule has 0 saturated carbocycles. The van der Waals surface area contributed by atoms with Gasteiger partial charge in [0.25, 0.3) is 6.54 Å². The molecule has 0 amide bonds. The van der Waals surface area contributed by atoms with Gasteiger partial charge in [-0.2, -0.15) is 0 Å². The quantitative estimate of drug-likeness (QED) is 0.322.